The van der Waals surface area contributed by atoms with E-state index in [0.717, 1.165) is 5.56 Å². The van der Waals surface area contributed by atoms with Gasteiger partial charge in [-0.1, -0.05) is 17.7 Å². The second kappa shape index (κ2) is 6.95. The molecular formula is C18H13ClN4O2S2. The maximum atomic E-state index is 13.3. The van der Waals surface area contributed by atoms with Crippen molar-refractivity contribution >= 4 is 38.8 Å². The van der Waals surface area contributed by atoms with Crippen LogP contribution in [0.5, 0.6) is 0 Å². The molecule has 0 radical (unpaired) electrons. The molecule has 4 aromatic rings. The molecule has 27 heavy (non-hydrogen) atoms. The molecule has 1 aromatic carbocycles. The van der Waals surface area contributed by atoms with Crippen LogP contribution in [0, 0.1) is 0 Å². The topological polar surface area (TPSA) is 77.2 Å². The van der Waals surface area contributed by atoms with Crippen molar-refractivity contribution in [2.45, 2.75) is 14.8 Å². The van der Waals surface area contributed by atoms with E-state index in [1.54, 1.807) is 43.0 Å². The van der Waals surface area contributed by atoms with Crippen molar-refractivity contribution in [1.82, 2.24) is 19.6 Å². The Morgan fingerprint density at radius 2 is 1.89 bits per heavy atom. The molecule has 3 heterocycles. The van der Waals surface area contributed by atoms with Gasteiger partial charge >= 0.3 is 0 Å². The lowest BCUT2D eigenvalue weighted by atomic mass is 10.2. The smallest absolute Gasteiger partial charge is 0.213 e. The Labute approximate surface area is 165 Å². The highest BCUT2D eigenvalue weighted by Gasteiger charge is 2.28. The number of aromatic nitrogens is 4. The zero-order valence-electron chi connectivity index (χ0n) is 14.1. The van der Waals surface area contributed by atoms with E-state index in [-0.39, 0.29) is 15.4 Å². The molecule has 136 valence electrons. The number of rotatable bonds is 4. The molecule has 3 aromatic heterocycles. The molecule has 0 saturated heterocycles. The largest absolute Gasteiger partial charge is 0.265 e. The molecule has 0 amide bonds. The molecule has 0 spiro atoms. The van der Waals surface area contributed by atoms with E-state index in [1.807, 2.05) is 12.1 Å². The average molecular weight is 417 g/mol. The summed E-state index contributed by atoms with van der Waals surface area (Å²) in [5.74, 6) is 0. The van der Waals surface area contributed by atoms with Crippen molar-refractivity contribution < 1.29 is 8.42 Å². The van der Waals surface area contributed by atoms with Crippen molar-refractivity contribution in [3.05, 3.63) is 66.1 Å². The Hall–Kier alpha value is -2.42. The molecule has 6 nitrogen and oxygen atoms in total. The summed E-state index contributed by atoms with van der Waals surface area (Å²) < 4.78 is 28.1. The third-order valence-corrected chi connectivity index (χ3v) is 6.78. The summed E-state index contributed by atoms with van der Waals surface area (Å²) in [4.78, 5) is 8.76. The van der Waals surface area contributed by atoms with Gasteiger partial charge in [0.2, 0.25) is 9.84 Å². The van der Waals surface area contributed by atoms with Crippen LogP contribution in [0.4, 0.5) is 0 Å². The van der Waals surface area contributed by atoms with E-state index in [0.29, 0.717) is 15.7 Å². The van der Waals surface area contributed by atoms with Crippen LogP contribution < -0.4 is 0 Å². The minimum absolute atomic E-state index is 0.0770. The number of benzene rings is 1. The third kappa shape index (κ3) is 3.20. The van der Waals surface area contributed by atoms with Crippen molar-refractivity contribution in [2.75, 3.05) is 6.26 Å². The minimum Gasteiger partial charge on any atom is -0.265 e. The fourth-order valence-electron chi connectivity index (χ4n) is 2.69. The van der Waals surface area contributed by atoms with E-state index < -0.39 is 9.84 Å². The molecule has 0 aliphatic heterocycles. The lowest BCUT2D eigenvalue weighted by molar-refractivity contribution is 0.594. The molecule has 0 N–H and O–H groups in total. The predicted octanol–water partition coefficient (Wildman–Crippen LogP) is 4.00. The van der Waals surface area contributed by atoms with Gasteiger partial charge in [-0.2, -0.15) is 5.10 Å². The van der Waals surface area contributed by atoms with Crippen LogP contribution in [0.15, 0.2) is 75.9 Å². The molecule has 0 aliphatic rings. The van der Waals surface area contributed by atoms with Crippen molar-refractivity contribution in [3.63, 3.8) is 0 Å². The molecule has 9 heteroatoms. The van der Waals surface area contributed by atoms with Crippen molar-refractivity contribution in [1.29, 1.82) is 0 Å². The molecule has 0 saturated carbocycles. The first-order valence-corrected chi connectivity index (χ1v) is 10.9. The molecule has 0 aliphatic carbocycles. The van der Waals surface area contributed by atoms with Gasteiger partial charge in [0.15, 0.2) is 10.5 Å². The van der Waals surface area contributed by atoms with Gasteiger partial charge in [-0.25, -0.2) is 17.9 Å². The molecule has 4 rings (SSSR count). The van der Waals surface area contributed by atoms with Crippen molar-refractivity contribution in [2.24, 2.45) is 0 Å². The molecular weight excluding hydrogens is 404 g/mol. The van der Waals surface area contributed by atoms with Gasteiger partial charge in [0.1, 0.15) is 5.03 Å². The number of fused-ring (bicyclic) bond motifs is 1. The quantitative estimate of drug-likeness (QED) is 0.468. The van der Waals surface area contributed by atoms with Gasteiger partial charge in [0, 0.05) is 29.2 Å². The summed E-state index contributed by atoms with van der Waals surface area (Å²) in [5, 5.41) is 5.11. The van der Waals surface area contributed by atoms with Crippen LogP contribution >= 0.6 is 23.4 Å². The number of halogens is 1. The number of sulfone groups is 1. The summed E-state index contributed by atoms with van der Waals surface area (Å²) in [7, 11) is -3.85. The van der Waals surface area contributed by atoms with Gasteiger partial charge < -0.3 is 0 Å². The second-order valence-electron chi connectivity index (χ2n) is 5.62. The summed E-state index contributed by atoms with van der Waals surface area (Å²) in [5.41, 5.74) is 1.75. The highest BCUT2D eigenvalue weighted by Crippen LogP contribution is 2.33. The zero-order valence-corrected chi connectivity index (χ0v) is 16.5. The summed E-state index contributed by atoms with van der Waals surface area (Å²) in [6.07, 6.45) is 6.81. The van der Waals surface area contributed by atoms with Gasteiger partial charge in [-0.3, -0.25) is 4.98 Å². The first-order chi connectivity index (χ1) is 13.0. The standard InChI is InChI=1S/C18H13ClN4O2S2/c1-26-18-16(27(24,25)14-4-2-3-13(19)11-14)17-21-15(7-10-23(17)22-18)12-5-8-20-9-6-12/h2-11H,1H3. The maximum Gasteiger partial charge on any atom is 0.213 e. The van der Waals surface area contributed by atoms with E-state index in [9.17, 15) is 8.42 Å². The lowest BCUT2D eigenvalue weighted by Gasteiger charge is -2.06. The minimum atomic E-state index is -3.85. The number of nitrogens with zero attached hydrogens (tertiary/aromatic N) is 4. The van der Waals surface area contributed by atoms with Crippen LogP contribution in [0.2, 0.25) is 5.02 Å². The van der Waals surface area contributed by atoms with E-state index in [1.165, 1.54) is 28.4 Å². The Kier molecular flexibility index (Phi) is 4.63. The van der Waals surface area contributed by atoms with Crippen molar-refractivity contribution in [3.8, 4) is 11.3 Å². The number of pyridine rings is 1. The van der Waals surface area contributed by atoms with Crippen LogP contribution in [0.25, 0.3) is 16.9 Å². The van der Waals surface area contributed by atoms with E-state index >= 15 is 0 Å². The highest BCUT2D eigenvalue weighted by atomic mass is 35.5. The second-order valence-corrected chi connectivity index (χ2v) is 8.73. The first-order valence-electron chi connectivity index (χ1n) is 7.85. The third-order valence-electron chi connectivity index (χ3n) is 3.96. The van der Waals surface area contributed by atoms with Crippen LogP contribution in [0.1, 0.15) is 0 Å². The SMILES string of the molecule is CSc1nn2ccc(-c3ccncc3)nc2c1S(=O)(=O)c1cccc(Cl)c1. The molecule has 0 atom stereocenters. The van der Waals surface area contributed by atoms with Crippen LogP contribution in [-0.2, 0) is 9.84 Å². The van der Waals surface area contributed by atoms with Gasteiger partial charge in [0.05, 0.1) is 10.6 Å². The Balaban J connectivity index is 1.98. The van der Waals surface area contributed by atoms with Gasteiger partial charge in [-0.05, 0) is 42.7 Å². The van der Waals surface area contributed by atoms with Gasteiger partial charge in [-0.15, -0.1) is 11.8 Å². The van der Waals surface area contributed by atoms with Crippen LogP contribution in [-0.4, -0.2) is 34.3 Å². The fraction of sp³-hybridized carbons (Fsp3) is 0.0556. The van der Waals surface area contributed by atoms with E-state index in [2.05, 4.69) is 15.1 Å². The average Bonchev–Trinajstić information content (AvgIpc) is 3.07. The fourth-order valence-corrected chi connectivity index (χ4v) is 5.40. The summed E-state index contributed by atoms with van der Waals surface area (Å²) in [6, 6.07) is 11.6. The monoisotopic (exact) mass is 416 g/mol. The zero-order chi connectivity index (χ0) is 19.0. The predicted molar refractivity (Wildman–Crippen MR) is 105 cm³/mol. The number of hydrogen-bond donors (Lipinski definition) is 0. The number of hydrogen-bond acceptors (Lipinski definition) is 6. The Morgan fingerprint density at radius 1 is 1.11 bits per heavy atom. The molecule has 0 bridgehead atoms. The maximum absolute atomic E-state index is 13.3. The first kappa shape index (κ1) is 18.0. The summed E-state index contributed by atoms with van der Waals surface area (Å²) >= 11 is 7.25. The van der Waals surface area contributed by atoms with Crippen LogP contribution in [0.3, 0.4) is 0 Å². The van der Waals surface area contributed by atoms with E-state index in [4.69, 9.17) is 11.6 Å². The number of thioether (sulfide) groups is 1. The lowest BCUT2D eigenvalue weighted by Crippen LogP contribution is -2.04. The molecule has 0 unspecified atom stereocenters. The Bertz CT molecular complexity index is 1240. The normalized spacial score (nSPS) is 11.8. The van der Waals surface area contributed by atoms with Gasteiger partial charge in [0.25, 0.3) is 0 Å². The summed E-state index contributed by atoms with van der Waals surface area (Å²) in [6.45, 7) is 0. The Morgan fingerprint density at radius 3 is 2.59 bits per heavy atom. The highest BCUT2D eigenvalue weighted by molar-refractivity contribution is 7.99. The molecule has 0 fully saturated rings.